The summed E-state index contributed by atoms with van der Waals surface area (Å²) in [6.45, 7) is 0.896. The predicted molar refractivity (Wildman–Crippen MR) is 103 cm³/mol. The molecular formula is C22H27NO4. The number of ether oxygens (including phenoxy) is 3. The van der Waals surface area contributed by atoms with Gasteiger partial charge in [-0.25, -0.2) is 4.79 Å². The number of carbonyl (C=O) groups is 1. The number of rotatable bonds is 7. The van der Waals surface area contributed by atoms with Crippen molar-refractivity contribution in [1.29, 1.82) is 0 Å². The SMILES string of the molecule is COC(OC)C1CC(Cc2ccccc2)CN1C(=O)OCc1ccccc1. The topological polar surface area (TPSA) is 48.0 Å². The first-order valence-corrected chi connectivity index (χ1v) is 9.28. The highest BCUT2D eigenvalue weighted by molar-refractivity contribution is 5.68. The monoisotopic (exact) mass is 369 g/mol. The minimum Gasteiger partial charge on any atom is -0.445 e. The van der Waals surface area contributed by atoms with Crippen LogP contribution in [0.4, 0.5) is 4.79 Å². The van der Waals surface area contributed by atoms with Crippen LogP contribution in [0.25, 0.3) is 0 Å². The van der Waals surface area contributed by atoms with Crippen LogP contribution in [0.1, 0.15) is 17.5 Å². The van der Waals surface area contributed by atoms with Gasteiger partial charge in [-0.15, -0.1) is 0 Å². The van der Waals surface area contributed by atoms with Gasteiger partial charge in [-0.2, -0.15) is 0 Å². The average molecular weight is 369 g/mol. The Morgan fingerprint density at radius 2 is 1.59 bits per heavy atom. The van der Waals surface area contributed by atoms with Crippen molar-refractivity contribution < 1.29 is 19.0 Å². The molecule has 0 spiro atoms. The van der Waals surface area contributed by atoms with Crippen molar-refractivity contribution >= 4 is 6.09 Å². The smallest absolute Gasteiger partial charge is 0.410 e. The summed E-state index contributed by atoms with van der Waals surface area (Å²) in [6, 6.07) is 19.9. The van der Waals surface area contributed by atoms with Gasteiger partial charge in [-0.1, -0.05) is 60.7 Å². The number of nitrogens with zero attached hydrogens (tertiary/aromatic N) is 1. The number of methoxy groups -OCH3 is 2. The van der Waals surface area contributed by atoms with E-state index in [4.69, 9.17) is 14.2 Å². The molecular weight excluding hydrogens is 342 g/mol. The maximum absolute atomic E-state index is 12.8. The minimum atomic E-state index is -0.463. The van der Waals surface area contributed by atoms with Gasteiger partial charge in [0.25, 0.3) is 0 Å². The number of benzene rings is 2. The molecule has 1 heterocycles. The third-order valence-electron chi connectivity index (χ3n) is 5.02. The van der Waals surface area contributed by atoms with Crippen molar-refractivity contribution in [2.24, 2.45) is 5.92 Å². The number of carbonyl (C=O) groups excluding carboxylic acids is 1. The van der Waals surface area contributed by atoms with Gasteiger partial charge in [0.1, 0.15) is 6.61 Å². The summed E-state index contributed by atoms with van der Waals surface area (Å²) < 4.78 is 16.5. The van der Waals surface area contributed by atoms with Gasteiger partial charge >= 0.3 is 6.09 Å². The van der Waals surface area contributed by atoms with E-state index < -0.39 is 6.29 Å². The van der Waals surface area contributed by atoms with Gasteiger partial charge in [0, 0.05) is 20.8 Å². The van der Waals surface area contributed by atoms with Crippen molar-refractivity contribution in [3.63, 3.8) is 0 Å². The molecule has 2 unspecified atom stereocenters. The van der Waals surface area contributed by atoms with Crippen LogP contribution in [-0.4, -0.2) is 44.1 Å². The summed E-state index contributed by atoms with van der Waals surface area (Å²) in [7, 11) is 3.21. The summed E-state index contributed by atoms with van der Waals surface area (Å²) in [6.07, 6.45) is 0.954. The number of amides is 1. The maximum Gasteiger partial charge on any atom is 0.410 e. The maximum atomic E-state index is 12.8. The fraction of sp³-hybridized carbons (Fsp3) is 0.409. The van der Waals surface area contributed by atoms with Gasteiger partial charge in [-0.05, 0) is 29.9 Å². The highest BCUT2D eigenvalue weighted by Gasteiger charge is 2.41. The van der Waals surface area contributed by atoms with Crippen LogP contribution in [0.5, 0.6) is 0 Å². The molecule has 5 nitrogen and oxygen atoms in total. The van der Waals surface area contributed by atoms with Crippen LogP contribution >= 0.6 is 0 Å². The number of hydrogen-bond donors (Lipinski definition) is 0. The Hall–Kier alpha value is -2.37. The van der Waals surface area contributed by atoms with E-state index in [0.29, 0.717) is 12.5 Å². The fourth-order valence-electron chi connectivity index (χ4n) is 3.73. The van der Waals surface area contributed by atoms with Crippen molar-refractivity contribution in [2.45, 2.75) is 31.8 Å². The summed E-state index contributed by atoms with van der Waals surface area (Å²) in [5.41, 5.74) is 2.24. The molecule has 0 saturated carbocycles. The summed E-state index contributed by atoms with van der Waals surface area (Å²) >= 11 is 0. The number of likely N-dealkylation sites (tertiary alicyclic amines) is 1. The van der Waals surface area contributed by atoms with E-state index in [9.17, 15) is 4.79 Å². The van der Waals surface area contributed by atoms with E-state index in [1.807, 2.05) is 48.5 Å². The van der Waals surface area contributed by atoms with Gasteiger partial charge in [0.2, 0.25) is 0 Å². The quantitative estimate of drug-likeness (QED) is 0.695. The molecule has 1 fully saturated rings. The fourth-order valence-corrected chi connectivity index (χ4v) is 3.73. The van der Waals surface area contributed by atoms with Crippen molar-refractivity contribution in [1.82, 2.24) is 4.90 Å². The molecule has 144 valence electrons. The lowest BCUT2D eigenvalue weighted by Crippen LogP contribution is -2.44. The molecule has 3 rings (SSSR count). The Morgan fingerprint density at radius 3 is 2.19 bits per heavy atom. The normalized spacial score (nSPS) is 19.4. The third-order valence-corrected chi connectivity index (χ3v) is 5.02. The van der Waals surface area contributed by atoms with Crippen LogP contribution in [0.3, 0.4) is 0 Å². The largest absolute Gasteiger partial charge is 0.445 e. The lowest BCUT2D eigenvalue weighted by molar-refractivity contribution is -0.137. The zero-order chi connectivity index (χ0) is 19.1. The van der Waals surface area contributed by atoms with E-state index in [-0.39, 0.29) is 18.7 Å². The molecule has 5 heteroatoms. The van der Waals surface area contributed by atoms with Crippen molar-refractivity contribution in [3.05, 3.63) is 71.8 Å². The van der Waals surface area contributed by atoms with E-state index in [2.05, 4.69) is 12.1 Å². The van der Waals surface area contributed by atoms with Crippen molar-refractivity contribution in [3.8, 4) is 0 Å². The number of hydrogen-bond acceptors (Lipinski definition) is 4. The van der Waals surface area contributed by atoms with Gasteiger partial charge in [-0.3, -0.25) is 4.90 Å². The minimum absolute atomic E-state index is 0.156. The third kappa shape index (κ3) is 5.08. The molecule has 0 N–H and O–H groups in total. The highest BCUT2D eigenvalue weighted by atomic mass is 16.7. The lowest BCUT2D eigenvalue weighted by atomic mass is 9.96. The van der Waals surface area contributed by atoms with Crippen molar-refractivity contribution in [2.75, 3.05) is 20.8 Å². The Kier molecular flexibility index (Phi) is 6.85. The molecule has 0 radical (unpaired) electrons. The molecule has 27 heavy (non-hydrogen) atoms. The second-order valence-electron chi connectivity index (χ2n) is 6.89. The molecule has 0 aromatic heterocycles. The first-order chi connectivity index (χ1) is 13.2. The van der Waals surface area contributed by atoms with E-state index in [0.717, 1.165) is 18.4 Å². The van der Waals surface area contributed by atoms with E-state index >= 15 is 0 Å². The van der Waals surface area contributed by atoms with E-state index in [1.54, 1.807) is 19.1 Å². The molecule has 0 aliphatic carbocycles. The molecule has 2 aromatic carbocycles. The van der Waals surface area contributed by atoms with Gasteiger partial charge in [0.05, 0.1) is 6.04 Å². The van der Waals surface area contributed by atoms with Crippen LogP contribution in [-0.2, 0) is 27.2 Å². The first kappa shape index (κ1) is 19.4. The Balaban J connectivity index is 1.66. The second-order valence-corrected chi connectivity index (χ2v) is 6.89. The summed E-state index contributed by atoms with van der Waals surface area (Å²) in [5, 5.41) is 0. The summed E-state index contributed by atoms with van der Waals surface area (Å²) in [4.78, 5) is 14.5. The summed E-state index contributed by atoms with van der Waals surface area (Å²) in [5.74, 6) is 0.342. The zero-order valence-corrected chi connectivity index (χ0v) is 15.9. The van der Waals surface area contributed by atoms with Crippen LogP contribution < -0.4 is 0 Å². The molecule has 1 aliphatic heterocycles. The first-order valence-electron chi connectivity index (χ1n) is 9.28. The Labute approximate surface area is 160 Å². The standard InChI is InChI=1S/C22H27NO4/c1-25-21(26-2)20-14-19(13-17-9-5-3-6-10-17)15-23(20)22(24)27-16-18-11-7-4-8-12-18/h3-12,19-21H,13-16H2,1-2H3. The highest BCUT2D eigenvalue weighted by Crippen LogP contribution is 2.30. The molecule has 1 saturated heterocycles. The Bertz CT molecular complexity index is 703. The predicted octanol–water partition coefficient (Wildman–Crippen LogP) is 3.88. The van der Waals surface area contributed by atoms with Crippen LogP contribution in [0, 0.1) is 5.92 Å². The zero-order valence-electron chi connectivity index (χ0n) is 15.9. The second kappa shape index (κ2) is 9.53. The molecule has 1 amide bonds. The van der Waals surface area contributed by atoms with Gasteiger partial charge in [0.15, 0.2) is 6.29 Å². The van der Waals surface area contributed by atoms with E-state index in [1.165, 1.54) is 5.56 Å². The molecule has 0 bridgehead atoms. The molecule has 2 atom stereocenters. The molecule has 1 aliphatic rings. The van der Waals surface area contributed by atoms with Crippen LogP contribution in [0.2, 0.25) is 0 Å². The lowest BCUT2D eigenvalue weighted by Gasteiger charge is -2.29. The average Bonchev–Trinajstić information content (AvgIpc) is 3.12. The molecule has 2 aromatic rings. The van der Waals surface area contributed by atoms with Gasteiger partial charge < -0.3 is 14.2 Å². The Morgan fingerprint density at radius 1 is 1.00 bits per heavy atom. The van der Waals surface area contributed by atoms with Crippen LogP contribution in [0.15, 0.2) is 60.7 Å².